The van der Waals surface area contributed by atoms with E-state index in [1.165, 1.54) is 0 Å². The van der Waals surface area contributed by atoms with Crippen molar-refractivity contribution in [1.29, 1.82) is 0 Å². The SMILES string of the molecule is CC1(C)CN(C(=O)Nc2ccc3c(c2)OCC(=O)N3)CCS1. The molecule has 0 unspecified atom stereocenters. The molecule has 0 spiro atoms. The number of ether oxygens (including phenoxy) is 1. The van der Waals surface area contributed by atoms with Gasteiger partial charge in [-0.15, -0.1) is 0 Å². The van der Waals surface area contributed by atoms with E-state index in [1.807, 2.05) is 16.7 Å². The lowest BCUT2D eigenvalue weighted by molar-refractivity contribution is -0.118. The third kappa shape index (κ3) is 3.30. The molecule has 2 aliphatic heterocycles. The molecule has 1 fully saturated rings. The van der Waals surface area contributed by atoms with Gasteiger partial charge in [0.05, 0.1) is 5.69 Å². The first kappa shape index (κ1) is 15.0. The summed E-state index contributed by atoms with van der Waals surface area (Å²) < 4.78 is 5.44. The molecule has 1 saturated heterocycles. The van der Waals surface area contributed by atoms with Crippen LogP contribution < -0.4 is 15.4 Å². The fourth-order valence-electron chi connectivity index (χ4n) is 2.54. The van der Waals surface area contributed by atoms with E-state index >= 15 is 0 Å². The number of rotatable bonds is 1. The number of benzene rings is 1. The molecule has 118 valence electrons. The number of carbonyl (C=O) groups is 2. The van der Waals surface area contributed by atoms with E-state index in [1.54, 1.807) is 18.2 Å². The summed E-state index contributed by atoms with van der Waals surface area (Å²) in [5.41, 5.74) is 1.29. The Morgan fingerprint density at radius 1 is 1.45 bits per heavy atom. The molecule has 7 heteroatoms. The van der Waals surface area contributed by atoms with Crippen LogP contribution in [-0.4, -0.2) is 47.0 Å². The molecule has 0 aliphatic carbocycles. The van der Waals surface area contributed by atoms with E-state index in [2.05, 4.69) is 24.5 Å². The van der Waals surface area contributed by atoms with Crippen molar-refractivity contribution in [1.82, 2.24) is 4.90 Å². The number of nitrogens with one attached hydrogen (secondary N) is 2. The fraction of sp³-hybridized carbons (Fsp3) is 0.467. The number of hydrogen-bond acceptors (Lipinski definition) is 4. The van der Waals surface area contributed by atoms with Crippen LogP contribution in [0.5, 0.6) is 5.75 Å². The molecular formula is C15H19N3O3S. The monoisotopic (exact) mass is 321 g/mol. The molecule has 3 amide bonds. The lowest BCUT2D eigenvalue weighted by atomic mass is 10.2. The van der Waals surface area contributed by atoms with Crippen molar-refractivity contribution in [2.24, 2.45) is 0 Å². The van der Waals surface area contributed by atoms with Gasteiger partial charge in [-0.1, -0.05) is 0 Å². The molecule has 6 nitrogen and oxygen atoms in total. The molecule has 1 aromatic rings. The average molecular weight is 321 g/mol. The highest BCUT2D eigenvalue weighted by Gasteiger charge is 2.29. The predicted octanol–water partition coefficient (Wildman–Crippen LogP) is 2.38. The summed E-state index contributed by atoms with van der Waals surface area (Å²) in [7, 11) is 0. The second-order valence-corrected chi connectivity index (χ2v) is 7.81. The molecule has 0 radical (unpaired) electrons. The summed E-state index contributed by atoms with van der Waals surface area (Å²) in [5, 5.41) is 5.62. The van der Waals surface area contributed by atoms with Gasteiger partial charge in [0, 0.05) is 35.3 Å². The standard InChI is InChI=1S/C15H19N3O3S/c1-15(2)9-18(5-6-22-15)14(20)16-10-3-4-11-12(7-10)21-8-13(19)17-11/h3-4,7H,5-6,8-9H2,1-2H3,(H,16,20)(H,17,19). The predicted molar refractivity (Wildman–Crippen MR) is 87.7 cm³/mol. The van der Waals surface area contributed by atoms with Gasteiger partial charge in [0.25, 0.3) is 5.91 Å². The molecule has 2 aliphatic rings. The lowest BCUT2D eigenvalue weighted by Gasteiger charge is -2.37. The molecule has 0 atom stereocenters. The van der Waals surface area contributed by atoms with Crippen molar-refractivity contribution in [2.75, 3.05) is 36.1 Å². The Bertz CT molecular complexity index is 618. The number of anilines is 2. The Kier molecular flexibility index (Phi) is 3.90. The van der Waals surface area contributed by atoms with Gasteiger partial charge in [0.2, 0.25) is 0 Å². The van der Waals surface area contributed by atoms with Gasteiger partial charge < -0.3 is 20.3 Å². The Morgan fingerprint density at radius 3 is 3.05 bits per heavy atom. The van der Waals surface area contributed by atoms with Crippen LogP contribution >= 0.6 is 11.8 Å². The Hall–Kier alpha value is -1.89. The van der Waals surface area contributed by atoms with E-state index < -0.39 is 0 Å². The minimum atomic E-state index is -0.169. The summed E-state index contributed by atoms with van der Waals surface area (Å²) in [6.07, 6.45) is 0. The Morgan fingerprint density at radius 2 is 2.27 bits per heavy atom. The third-order valence-corrected chi connectivity index (χ3v) is 4.88. The highest BCUT2D eigenvalue weighted by molar-refractivity contribution is 8.00. The Labute approximate surface area is 133 Å². The van der Waals surface area contributed by atoms with Crippen LogP contribution in [0.15, 0.2) is 18.2 Å². The van der Waals surface area contributed by atoms with Crippen LogP contribution in [0.2, 0.25) is 0 Å². The van der Waals surface area contributed by atoms with Crippen molar-refractivity contribution in [3.63, 3.8) is 0 Å². The highest BCUT2D eigenvalue weighted by atomic mass is 32.2. The molecule has 3 rings (SSSR count). The maximum Gasteiger partial charge on any atom is 0.321 e. The minimum Gasteiger partial charge on any atom is -0.482 e. The molecule has 0 bridgehead atoms. The zero-order valence-corrected chi connectivity index (χ0v) is 13.5. The fourth-order valence-corrected chi connectivity index (χ4v) is 3.66. The first-order valence-corrected chi connectivity index (χ1v) is 8.18. The molecule has 2 N–H and O–H groups in total. The summed E-state index contributed by atoms with van der Waals surface area (Å²) in [6, 6.07) is 5.12. The van der Waals surface area contributed by atoms with E-state index in [4.69, 9.17) is 4.74 Å². The van der Waals surface area contributed by atoms with Gasteiger partial charge in [-0.2, -0.15) is 11.8 Å². The number of carbonyl (C=O) groups excluding carboxylic acids is 2. The molecule has 22 heavy (non-hydrogen) atoms. The van der Waals surface area contributed by atoms with Crippen molar-refractivity contribution in [3.05, 3.63) is 18.2 Å². The van der Waals surface area contributed by atoms with Crippen LogP contribution in [-0.2, 0) is 4.79 Å². The quantitative estimate of drug-likeness (QED) is 0.833. The van der Waals surface area contributed by atoms with Gasteiger partial charge in [-0.05, 0) is 26.0 Å². The molecule has 1 aromatic carbocycles. The largest absolute Gasteiger partial charge is 0.482 e. The number of fused-ring (bicyclic) bond motifs is 1. The average Bonchev–Trinajstić information content (AvgIpc) is 2.46. The third-order valence-electron chi connectivity index (χ3n) is 3.58. The topological polar surface area (TPSA) is 70.7 Å². The summed E-state index contributed by atoms with van der Waals surface area (Å²) in [5.74, 6) is 1.35. The van der Waals surface area contributed by atoms with Crippen molar-refractivity contribution in [3.8, 4) is 5.75 Å². The van der Waals surface area contributed by atoms with Gasteiger partial charge in [0.15, 0.2) is 6.61 Å². The van der Waals surface area contributed by atoms with Gasteiger partial charge in [-0.3, -0.25) is 4.79 Å². The van der Waals surface area contributed by atoms with Crippen LogP contribution in [0.4, 0.5) is 16.2 Å². The van der Waals surface area contributed by atoms with E-state index in [-0.39, 0.29) is 23.3 Å². The van der Waals surface area contributed by atoms with Crippen LogP contribution in [0.25, 0.3) is 0 Å². The Balaban J connectivity index is 1.68. The maximum absolute atomic E-state index is 12.4. The van der Waals surface area contributed by atoms with Crippen LogP contribution in [0.3, 0.4) is 0 Å². The zero-order valence-electron chi connectivity index (χ0n) is 12.6. The number of thioether (sulfide) groups is 1. The molecule has 2 heterocycles. The molecule has 0 saturated carbocycles. The summed E-state index contributed by atoms with van der Waals surface area (Å²) in [4.78, 5) is 25.4. The lowest BCUT2D eigenvalue weighted by Crippen LogP contribution is -2.47. The van der Waals surface area contributed by atoms with Crippen molar-refractivity contribution < 1.29 is 14.3 Å². The van der Waals surface area contributed by atoms with E-state index in [0.717, 1.165) is 18.8 Å². The zero-order chi connectivity index (χ0) is 15.7. The van der Waals surface area contributed by atoms with E-state index in [0.29, 0.717) is 17.1 Å². The molecular weight excluding hydrogens is 302 g/mol. The van der Waals surface area contributed by atoms with E-state index in [9.17, 15) is 9.59 Å². The number of urea groups is 1. The number of hydrogen-bond donors (Lipinski definition) is 2. The first-order chi connectivity index (χ1) is 10.4. The maximum atomic E-state index is 12.4. The minimum absolute atomic E-state index is 0.00192. The van der Waals surface area contributed by atoms with Gasteiger partial charge >= 0.3 is 6.03 Å². The van der Waals surface area contributed by atoms with Crippen molar-refractivity contribution in [2.45, 2.75) is 18.6 Å². The number of nitrogens with zero attached hydrogens (tertiary/aromatic N) is 1. The van der Waals surface area contributed by atoms with Crippen molar-refractivity contribution >= 4 is 35.1 Å². The number of amides is 3. The smallest absolute Gasteiger partial charge is 0.321 e. The molecule has 0 aromatic heterocycles. The second-order valence-electron chi connectivity index (χ2n) is 6.01. The van der Waals surface area contributed by atoms with Crippen LogP contribution in [0.1, 0.15) is 13.8 Å². The van der Waals surface area contributed by atoms with Gasteiger partial charge in [0.1, 0.15) is 5.75 Å². The highest BCUT2D eigenvalue weighted by Crippen LogP contribution is 2.32. The summed E-state index contributed by atoms with van der Waals surface area (Å²) >= 11 is 1.88. The van der Waals surface area contributed by atoms with Crippen LogP contribution in [0, 0.1) is 0 Å². The second kappa shape index (κ2) is 5.72. The van der Waals surface area contributed by atoms with Gasteiger partial charge in [-0.25, -0.2) is 4.79 Å². The normalized spacial score (nSPS) is 19.7. The first-order valence-electron chi connectivity index (χ1n) is 7.20. The summed E-state index contributed by atoms with van der Waals surface area (Å²) in [6.45, 7) is 5.76.